The Hall–Kier alpha value is -3.19. The fourth-order valence-electron chi connectivity index (χ4n) is 4.20. The van der Waals surface area contributed by atoms with Crippen LogP contribution in [0.3, 0.4) is 0 Å². The lowest BCUT2D eigenvalue weighted by atomic mass is 9.99. The third-order valence-electron chi connectivity index (χ3n) is 5.66. The fraction of sp³-hybridized carbons (Fsp3) is 0.318. The first-order valence-electron chi connectivity index (χ1n) is 9.93. The molecular formula is C22H22N4O3. The molecule has 1 aliphatic carbocycles. The Morgan fingerprint density at radius 2 is 1.83 bits per heavy atom. The normalized spacial score (nSPS) is 15.7. The summed E-state index contributed by atoms with van der Waals surface area (Å²) in [6.07, 6.45) is 3.76. The molecule has 148 valence electrons. The van der Waals surface area contributed by atoms with Crippen LogP contribution in [0.4, 0.5) is 5.82 Å². The number of morpholine rings is 1. The second-order valence-corrected chi connectivity index (χ2v) is 7.46. The van der Waals surface area contributed by atoms with E-state index in [1.807, 2.05) is 24.3 Å². The fourth-order valence-corrected chi connectivity index (χ4v) is 4.20. The van der Waals surface area contributed by atoms with E-state index in [1.165, 1.54) is 16.5 Å². The van der Waals surface area contributed by atoms with Gasteiger partial charge in [-0.15, -0.1) is 0 Å². The summed E-state index contributed by atoms with van der Waals surface area (Å²) in [5, 5.41) is 9.40. The van der Waals surface area contributed by atoms with Crippen LogP contribution >= 0.6 is 0 Å². The van der Waals surface area contributed by atoms with Gasteiger partial charge in [0, 0.05) is 30.9 Å². The van der Waals surface area contributed by atoms with E-state index in [0.29, 0.717) is 37.7 Å². The SMILES string of the molecule is O=C(Nc1ccn(CC(=O)N2CCOCC2)n1)c1ccc2c3c(cccc13)CC2. The van der Waals surface area contributed by atoms with Crippen LogP contribution in [0.25, 0.3) is 10.8 Å². The third-order valence-corrected chi connectivity index (χ3v) is 5.66. The first kappa shape index (κ1) is 17.9. The number of carbonyl (C=O) groups is 2. The van der Waals surface area contributed by atoms with Gasteiger partial charge in [0.2, 0.25) is 5.91 Å². The Bertz CT molecular complexity index is 1090. The van der Waals surface area contributed by atoms with Crippen molar-refractivity contribution < 1.29 is 14.3 Å². The van der Waals surface area contributed by atoms with Crippen molar-refractivity contribution in [2.24, 2.45) is 0 Å². The molecule has 7 heteroatoms. The molecule has 0 spiro atoms. The van der Waals surface area contributed by atoms with Crippen molar-refractivity contribution in [2.45, 2.75) is 19.4 Å². The zero-order chi connectivity index (χ0) is 19.8. The van der Waals surface area contributed by atoms with Gasteiger partial charge in [-0.2, -0.15) is 5.10 Å². The summed E-state index contributed by atoms with van der Waals surface area (Å²) in [4.78, 5) is 27.0. The van der Waals surface area contributed by atoms with Gasteiger partial charge in [-0.05, 0) is 40.8 Å². The number of ether oxygens (including phenoxy) is 1. The van der Waals surface area contributed by atoms with E-state index in [0.717, 1.165) is 18.2 Å². The number of rotatable bonds is 4. The number of hydrogen-bond donors (Lipinski definition) is 1. The molecule has 0 saturated carbocycles. The molecule has 1 aliphatic heterocycles. The molecule has 1 fully saturated rings. The average Bonchev–Trinajstić information content (AvgIpc) is 3.37. The molecule has 2 aliphatic rings. The van der Waals surface area contributed by atoms with Gasteiger partial charge in [0.1, 0.15) is 6.54 Å². The van der Waals surface area contributed by atoms with E-state index in [9.17, 15) is 9.59 Å². The highest BCUT2D eigenvalue weighted by Crippen LogP contribution is 2.33. The van der Waals surface area contributed by atoms with E-state index in [-0.39, 0.29) is 18.4 Å². The summed E-state index contributed by atoms with van der Waals surface area (Å²) in [5.74, 6) is 0.250. The van der Waals surface area contributed by atoms with Gasteiger partial charge < -0.3 is 15.0 Å². The van der Waals surface area contributed by atoms with Crippen LogP contribution in [-0.2, 0) is 28.9 Å². The van der Waals surface area contributed by atoms with Crippen LogP contribution in [0.5, 0.6) is 0 Å². The van der Waals surface area contributed by atoms with Crippen molar-refractivity contribution in [1.29, 1.82) is 0 Å². The molecule has 1 N–H and O–H groups in total. The number of aromatic nitrogens is 2. The molecule has 2 heterocycles. The molecule has 1 aromatic heterocycles. The molecule has 3 aromatic rings. The molecule has 2 amide bonds. The maximum atomic E-state index is 12.9. The lowest BCUT2D eigenvalue weighted by molar-refractivity contribution is -0.136. The Labute approximate surface area is 168 Å². The molecule has 2 aromatic carbocycles. The van der Waals surface area contributed by atoms with Crippen LogP contribution in [0.15, 0.2) is 42.6 Å². The van der Waals surface area contributed by atoms with E-state index in [1.54, 1.807) is 21.8 Å². The highest BCUT2D eigenvalue weighted by molar-refractivity contribution is 6.14. The predicted molar refractivity (Wildman–Crippen MR) is 109 cm³/mol. The molecule has 0 unspecified atom stereocenters. The number of nitrogens with zero attached hydrogens (tertiary/aromatic N) is 3. The number of nitrogens with one attached hydrogen (secondary N) is 1. The van der Waals surface area contributed by atoms with Crippen molar-refractivity contribution in [3.8, 4) is 0 Å². The largest absolute Gasteiger partial charge is 0.378 e. The minimum atomic E-state index is -0.189. The molecule has 0 atom stereocenters. The van der Waals surface area contributed by atoms with Crippen LogP contribution in [0.2, 0.25) is 0 Å². The maximum absolute atomic E-state index is 12.9. The third kappa shape index (κ3) is 3.38. The number of aryl methyl sites for hydroxylation is 2. The van der Waals surface area contributed by atoms with Crippen LogP contribution in [-0.4, -0.2) is 52.8 Å². The molecule has 0 radical (unpaired) electrons. The molecule has 5 rings (SSSR count). The molecule has 1 saturated heterocycles. The van der Waals surface area contributed by atoms with Gasteiger partial charge in [-0.3, -0.25) is 14.3 Å². The minimum absolute atomic E-state index is 0.00165. The molecule has 29 heavy (non-hydrogen) atoms. The molecule has 7 nitrogen and oxygen atoms in total. The number of amides is 2. The van der Waals surface area contributed by atoms with E-state index in [2.05, 4.69) is 16.5 Å². The Morgan fingerprint density at radius 3 is 2.66 bits per heavy atom. The highest BCUT2D eigenvalue weighted by atomic mass is 16.5. The summed E-state index contributed by atoms with van der Waals surface area (Å²) in [6.45, 7) is 2.50. The van der Waals surface area contributed by atoms with Crippen molar-refractivity contribution in [2.75, 3.05) is 31.6 Å². The summed E-state index contributed by atoms with van der Waals surface area (Å²) < 4.78 is 6.83. The first-order chi connectivity index (χ1) is 14.2. The zero-order valence-corrected chi connectivity index (χ0v) is 16.1. The second kappa shape index (κ2) is 7.33. The maximum Gasteiger partial charge on any atom is 0.257 e. The average molecular weight is 390 g/mol. The lowest BCUT2D eigenvalue weighted by Gasteiger charge is -2.26. The number of hydrogen-bond acceptors (Lipinski definition) is 4. The van der Waals surface area contributed by atoms with Crippen molar-refractivity contribution >= 4 is 28.4 Å². The van der Waals surface area contributed by atoms with Crippen molar-refractivity contribution in [3.63, 3.8) is 0 Å². The summed E-state index contributed by atoms with van der Waals surface area (Å²) in [6, 6.07) is 11.8. The smallest absolute Gasteiger partial charge is 0.257 e. The van der Waals surface area contributed by atoms with Crippen LogP contribution in [0, 0.1) is 0 Å². The van der Waals surface area contributed by atoms with Gasteiger partial charge >= 0.3 is 0 Å². The number of anilines is 1. The van der Waals surface area contributed by atoms with Gasteiger partial charge in [0.25, 0.3) is 5.91 Å². The van der Waals surface area contributed by atoms with E-state index in [4.69, 9.17) is 4.74 Å². The Morgan fingerprint density at radius 1 is 1.03 bits per heavy atom. The Balaban J connectivity index is 1.31. The number of carbonyl (C=O) groups excluding carboxylic acids is 2. The standard InChI is InChI=1S/C22H22N4O3/c27-20(25-10-12-29-13-11-25)14-26-9-8-19(24-26)23-22(28)18-7-6-16-5-4-15-2-1-3-17(18)21(15)16/h1-3,6-9H,4-5,10-14H2,(H,23,24,28). The van der Waals surface area contributed by atoms with Gasteiger partial charge in [-0.25, -0.2) is 0 Å². The van der Waals surface area contributed by atoms with Gasteiger partial charge in [0.15, 0.2) is 5.82 Å². The van der Waals surface area contributed by atoms with E-state index >= 15 is 0 Å². The van der Waals surface area contributed by atoms with Crippen molar-refractivity contribution in [1.82, 2.24) is 14.7 Å². The highest BCUT2D eigenvalue weighted by Gasteiger charge is 2.20. The topological polar surface area (TPSA) is 76.5 Å². The molecule has 0 bridgehead atoms. The Kier molecular flexibility index (Phi) is 4.52. The van der Waals surface area contributed by atoms with Crippen LogP contribution in [0.1, 0.15) is 21.5 Å². The predicted octanol–water partition coefficient (Wildman–Crippen LogP) is 2.25. The van der Waals surface area contributed by atoms with Crippen molar-refractivity contribution in [3.05, 3.63) is 59.3 Å². The van der Waals surface area contributed by atoms with Crippen LogP contribution < -0.4 is 5.32 Å². The quantitative estimate of drug-likeness (QED) is 0.741. The summed E-state index contributed by atoms with van der Waals surface area (Å²) >= 11 is 0. The van der Waals surface area contributed by atoms with Gasteiger partial charge in [-0.1, -0.05) is 24.3 Å². The van der Waals surface area contributed by atoms with E-state index < -0.39 is 0 Å². The monoisotopic (exact) mass is 390 g/mol. The number of benzene rings is 2. The minimum Gasteiger partial charge on any atom is -0.378 e. The first-order valence-corrected chi connectivity index (χ1v) is 9.93. The summed E-state index contributed by atoms with van der Waals surface area (Å²) in [7, 11) is 0. The molecular weight excluding hydrogens is 368 g/mol. The lowest BCUT2D eigenvalue weighted by Crippen LogP contribution is -2.42. The summed E-state index contributed by atoms with van der Waals surface area (Å²) in [5.41, 5.74) is 3.25. The second-order valence-electron chi connectivity index (χ2n) is 7.46. The van der Waals surface area contributed by atoms with Gasteiger partial charge in [0.05, 0.1) is 13.2 Å². The zero-order valence-electron chi connectivity index (χ0n) is 16.1.